The fourth-order valence-corrected chi connectivity index (χ4v) is 4.04. The van der Waals surface area contributed by atoms with Crippen LogP contribution in [0.4, 0.5) is 0 Å². The summed E-state index contributed by atoms with van der Waals surface area (Å²) in [5.74, 6) is -0.0238. The summed E-state index contributed by atoms with van der Waals surface area (Å²) in [7, 11) is 0. The third-order valence-corrected chi connectivity index (χ3v) is 5.95. The van der Waals surface area contributed by atoms with Crippen molar-refractivity contribution in [2.24, 2.45) is 0 Å². The number of nitriles is 6. The molecule has 38 heavy (non-hydrogen) atoms. The maximum atomic E-state index is 9.66. The SMILES string of the molecule is CC1(C)OC(=C(C#N)C#N)C(C#N)=C1C=Cc1ccc(C=CC2=C(C#N)C(=C(C#N)C#N)OC2(C)C)cc1. The van der Waals surface area contributed by atoms with Gasteiger partial charge in [0.2, 0.25) is 0 Å². The largest absolute Gasteiger partial charge is 0.480 e. The van der Waals surface area contributed by atoms with Crippen molar-refractivity contribution < 1.29 is 9.47 Å². The number of nitrogens with zero attached hydrogens (tertiary/aromatic N) is 6. The number of hydrogen-bond donors (Lipinski definition) is 0. The zero-order valence-corrected chi connectivity index (χ0v) is 21.1. The molecule has 0 fully saturated rings. The molecule has 0 unspecified atom stereocenters. The molecule has 8 nitrogen and oxygen atoms in total. The Balaban J connectivity index is 1.93. The van der Waals surface area contributed by atoms with Gasteiger partial charge in [-0.15, -0.1) is 0 Å². The highest BCUT2D eigenvalue weighted by atomic mass is 16.5. The van der Waals surface area contributed by atoms with Crippen molar-refractivity contribution in [1.82, 2.24) is 0 Å². The minimum absolute atomic E-state index is 0.0119. The van der Waals surface area contributed by atoms with Crippen LogP contribution in [0.25, 0.3) is 12.2 Å². The average Bonchev–Trinajstić information content (AvgIpc) is 3.30. The Morgan fingerprint density at radius 3 is 1.16 bits per heavy atom. The maximum Gasteiger partial charge on any atom is 0.172 e. The molecule has 2 heterocycles. The van der Waals surface area contributed by atoms with Gasteiger partial charge in [0, 0.05) is 11.1 Å². The molecule has 8 heteroatoms. The molecule has 0 spiro atoms. The summed E-state index contributed by atoms with van der Waals surface area (Å²) in [4.78, 5) is 0. The van der Waals surface area contributed by atoms with Crippen LogP contribution in [0.5, 0.6) is 0 Å². The molecule has 1 aromatic rings. The lowest BCUT2D eigenvalue weighted by atomic mass is 9.93. The molecule has 0 saturated heterocycles. The smallest absolute Gasteiger partial charge is 0.172 e. The molecule has 3 rings (SSSR count). The summed E-state index contributed by atoms with van der Waals surface area (Å²) in [6.45, 7) is 7.03. The summed E-state index contributed by atoms with van der Waals surface area (Å²) in [5.41, 5.74) is 0.778. The molecule has 0 atom stereocenters. The van der Waals surface area contributed by atoms with Crippen molar-refractivity contribution in [2.75, 3.05) is 0 Å². The van der Waals surface area contributed by atoms with E-state index in [-0.39, 0.29) is 33.8 Å². The highest BCUT2D eigenvalue weighted by molar-refractivity contribution is 5.67. The first-order valence-electron chi connectivity index (χ1n) is 11.3. The van der Waals surface area contributed by atoms with Gasteiger partial charge in [0.15, 0.2) is 22.7 Å². The Hall–Kier alpha value is -5.80. The van der Waals surface area contributed by atoms with E-state index < -0.39 is 11.2 Å². The van der Waals surface area contributed by atoms with Crippen LogP contribution >= 0.6 is 0 Å². The lowest BCUT2D eigenvalue weighted by Gasteiger charge is -2.20. The zero-order chi connectivity index (χ0) is 28.1. The Morgan fingerprint density at radius 1 is 0.579 bits per heavy atom. The first kappa shape index (κ1) is 26.8. The molecule has 0 aromatic heterocycles. The molecule has 182 valence electrons. The summed E-state index contributed by atoms with van der Waals surface area (Å²) in [6, 6.07) is 18.6. The van der Waals surface area contributed by atoms with Crippen molar-refractivity contribution >= 4 is 12.2 Å². The van der Waals surface area contributed by atoms with Gasteiger partial charge in [-0.2, -0.15) is 31.6 Å². The van der Waals surface area contributed by atoms with Crippen LogP contribution in [0.1, 0.15) is 38.8 Å². The second-order valence-corrected chi connectivity index (χ2v) is 9.21. The minimum Gasteiger partial charge on any atom is -0.480 e. The predicted molar refractivity (Wildman–Crippen MR) is 137 cm³/mol. The molecular formula is C30H20N6O2. The van der Waals surface area contributed by atoms with Gasteiger partial charge in [0.25, 0.3) is 0 Å². The average molecular weight is 497 g/mol. The van der Waals surface area contributed by atoms with Crippen molar-refractivity contribution in [3.63, 3.8) is 0 Å². The summed E-state index contributed by atoms with van der Waals surface area (Å²) < 4.78 is 11.5. The van der Waals surface area contributed by atoms with E-state index in [0.29, 0.717) is 11.1 Å². The van der Waals surface area contributed by atoms with E-state index in [0.717, 1.165) is 11.1 Å². The number of allylic oxidation sites excluding steroid dienone is 4. The molecule has 0 radical (unpaired) electrons. The fraction of sp³-hybridized carbons (Fsp3) is 0.200. The Bertz CT molecular complexity index is 1490. The minimum atomic E-state index is -0.898. The van der Waals surface area contributed by atoms with Gasteiger partial charge in [0.05, 0.1) is 0 Å². The highest BCUT2D eigenvalue weighted by Crippen LogP contribution is 2.41. The van der Waals surface area contributed by atoms with Crippen molar-refractivity contribution in [3.8, 4) is 36.4 Å². The second kappa shape index (κ2) is 10.4. The molecule has 0 aliphatic carbocycles. The summed E-state index contributed by atoms with van der Waals surface area (Å²) >= 11 is 0. The molecule has 0 bridgehead atoms. The topological polar surface area (TPSA) is 161 Å². The van der Waals surface area contributed by atoms with Crippen LogP contribution < -0.4 is 0 Å². The van der Waals surface area contributed by atoms with Gasteiger partial charge in [-0.25, -0.2) is 0 Å². The van der Waals surface area contributed by atoms with Crippen LogP contribution in [-0.2, 0) is 9.47 Å². The van der Waals surface area contributed by atoms with E-state index in [4.69, 9.17) is 9.47 Å². The molecule has 0 saturated carbocycles. The molecule has 2 aliphatic heterocycles. The second-order valence-electron chi connectivity index (χ2n) is 9.21. The van der Waals surface area contributed by atoms with Gasteiger partial charge in [-0.1, -0.05) is 48.6 Å². The Morgan fingerprint density at radius 2 is 0.895 bits per heavy atom. The standard InChI is InChI=1S/C30H20N6O2/c1-29(2)25(23(17-35)27(37-29)21(13-31)14-32)11-9-19-5-7-20(8-6-19)10-12-26-24(18-36)28(22(15-33)16-34)38-30(26,3)4/h5-12H,1-4H3. The van der Waals surface area contributed by atoms with E-state index in [1.54, 1.807) is 76.3 Å². The fourth-order valence-electron chi connectivity index (χ4n) is 4.04. The van der Waals surface area contributed by atoms with Crippen molar-refractivity contribution in [1.29, 1.82) is 31.6 Å². The van der Waals surface area contributed by atoms with Crippen molar-refractivity contribution in [2.45, 2.75) is 38.9 Å². The van der Waals surface area contributed by atoms with Gasteiger partial charge in [-0.05, 0) is 38.8 Å². The van der Waals surface area contributed by atoms with Crippen LogP contribution in [-0.4, -0.2) is 11.2 Å². The number of rotatable bonds is 4. The van der Waals surface area contributed by atoms with Gasteiger partial charge in [-0.3, -0.25) is 0 Å². The highest BCUT2D eigenvalue weighted by Gasteiger charge is 2.39. The van der Waals surface area contributed by atoms with E-state index in [9.17, 15) is 31.6 Å². The summed E-state index contributed by atoms with van der Waals surface area (Å²) in [6.07, 6.45) is 7.08. The van der Waals surface area contributed by atoms with Gasteiger partial charge >= 0.3 is 0 Å². The monoisotopic (exact) mass is 496 g/mol. The Kier molecular flexibility index (Phi) is 7.36. The molecular weight excluding hydrogens is 476 g/mol. The third-order valence-electron chi connectivity index (χ3n) is 5.95. The number of benzene rings is 1. The van der Waals surface area contributed by atoms with E-state index in [2.05, 4.69) is 0 Å². The lowest BCUT2D eigenvalue weighted by Crippen LogP contribution is -2.20. The maximum absolute atomic E-state index is 9.66. The van der Waals surface area contributed by atoms with Crippen LogP contribution in [0.3, 0.4) is 0 Å². The number of ether oxygens (including phenoxy) is 2. The normalized spacial score (nSPS) is 17.1. The van der Waals surface area contributed by atoms with E-state index in [1.165, 1.54) is 0 Å². The molecule has 0 N–H and O–H groups in total. The van der Waals surface area contributed by atoms with Crippen LogP contribution in [0.2, 0.25) is 0 Å². The van der Waals surface area contributed by atoms with Gasteiger partial charge in [0.1, 0.15) is 58.8 Å². The van der Waals surface area contributed by atoms with Crippen LogP contribution in [0.15, 0.2) is 81.4 Å². The van der Waals surface area contributed by atoms with E-state index >= 15 is 0 Å². The van der Waals surface area contributed by atoms with E-state index in [1.807, 2.05) is 36.4 Å². The first-order valence-corrected chi connectivity index (χ1v) is 11.3. The molecule has 2 aliphatic rings. The third kappa shape index (κ3) is 4.94. The first-order chi connectivity index (χ1) is 18.1. The predicted octanol–water partition coefficient (Wildman–Crippen LogP) is 5.57. The lowest BCUT2D eigenvalue weighted by molar-refractivity contribution is 0.0951. The van der Waals surface area contributed by atoms with Crippen molar-refractivity contribution in [3.05, 3.63) is 92.5 Å². The molecule has 1 aromatic carbocycles. The van der Waals surface area contributed by atoms with Crippen LogP contribution in [0, 0.1) is 68.0 Å². The van der Waals surface area contributed by atoms with Gasteiger partial charge < -0.3 is 9.47 Å². The molecule has 0 amide bonds. The quantitative estimate of drug-likeness (QED) is 0.488. The number of hydrogen-bond acceptors (Lipinski definition) is 8. The summed E-state index contributed by atoms with van der Waals surface area (Å²) in [5, 5.41) is 56.1. The zero-order valence-electron chi connectivity index (χ0n) is 21.1. The Labute approximate surface area is 221 Å².